The van der Waals surface area contributed by atoms with E-state index in [9.17, 15) is 8.42 Å². The molecule has 2 saturated heterocycles. The maximum absolute atomic E-state index is 11.6. The second-order valence-corrected chi connectivity index (χ2v) is 13.8. The summed E-state index contributed by atoms with van der Waals surface area (Å²) in [4.78, 5) is 13.8. The zero-order valence-electron chi connectivity index (χ0n) is 21.9. The summed E-state index contributed by atoms with van der Waals surface area (Å²) in [5.74, 6) is 3.76. The van der Waals surface area contributed by atoms with Crippen molar-refractivity contribution in [2.75, 3.05) is 54.9 Å². The second-order valence-electron chi connectivity index (χ2n) is 10.7. The van der Waals surface area contributed by atoms with Gasteiger partial charge in [0.15, 0.2) is 0 Å². The predicted molar refractivity (Wildman–Crippen MR) is 153 cm³/mol. The van der Waals surface area contributed by atoms with Crippen molar-refractivity contribution in [1.82, 2.24) is 24.5 Å². The highest BCUT2D eigenvalue weighted by Gasteiger charge is 2.31. The summed E-state index contributed by atoms with van der Waals surface area (Å²) >= 11 is 12.5. The molecule has 1 N–H and O–H groups in total. The van der Waals surface area contributed by atoms with Crippen molar-refractivity contribution < 1.29 is 8.42 Å². The highest BCUT2D eigenvalue weighted by molar-refractivity contribution is 7.90. The fourth-order valence-corrected chi connectivity index (χ4v) is 6.95. The second kappa shape index (κ2) is 11.5. The fraction of sp³-hybridized carbons (Fsp3) is 0.577. The topological polar surface area (TPSA) is 95.7 Å². The molecule has 0 radical (unpaired) electrons. The van der Waals surface area contributed by atoms with Crippen LogP contribution in [0.3, 0.4) is 0 Å². The van der Waals surface area contributed by atoms with Crippen LogP contribution < -0.4 is 10.2 Å². The van der Waals surface area contributed by atoms with Crippen LogP contribution in [-0.4, -0.2) is 77.6 Å². The Hall–Kier alpha value is -2.14. The van der Waals surface area contributed by atoms with Gasteiger partial charge in [0.05, 0.1) is 11.8 Å². The van der Waals surface area contributed by atoms with Gasteiger partial charge in [0.1, 0.15) is 27.8 Å². The van der Waals surface area contributed by atoms with Gasteiger partial charge in [-0.25, -0.2) is 8.42 Å². The number of nitrogens with zero attached hydrogens (tertiary/aromatic N) is 6. The van der Waals surface area contributed by atoms with E-state index in [-0.39, 0.29) is 11.8 Å². The van der Waals surface area contributed by atoms with Gasteiger partial charge in [0.2, 0.25) is 0 Å². The van der Waals surface area contributed by atoms with Crippen LogP contribution in [0.1, 0.15) is 44.2 Å². The Morgan fingerprint density at radius 2 is 1.89 bits per heavy atom. The standard InChI is InChI=1S/C26H35Cl2N7O2S/c1-18(22-6-5-21(27)14-23(22)28)31-25-15-24(32-26-29-17-30-35(25)26)34-10-7-19(8-11-34)20-4-3-9-33(16-20)12-13-38(2,36)37/h5-6,14-15,17-20,31H,3-4,7-13,16H2,1-2H3/t18-,20+/m1/s1. The third-order valence-electron chi connectivity index (χ3n) is 7.88. The number of piperidine rings is 2. The first-order valence-electron chi connectivity index (χ1n) is 13.2. The quantitative estimate of drug-likeness (QED) is 0.414. The molecule has 4 heterocycles. The van der Waals surface area contributed by atoms with Gasteiger partial charge in [-0.3, -0.25) is 0 Å². The monoisotopic (exact) mass is 579 g/mol. The van der Waals surface area contributed by atoms with Crippen molar-refractivity contribution in [3.63, 3.8) is 0 Å². The zero-order valence-corrected chi connectivity index (χ0v) is 24.2. The highest BCUT2D eigenvalue weighted by atomic mass is 35.5. The van der Waals surface area contributed by atoms with Gasteiger partial charge >= 0.3 is 0 Å². The lowest BCUT2D eigenvalue weighted by atomic mass is 9.79. The first-order chi connectivity index (χ1) is 18.2. The minimum Gasteiger partial charge on any atom is -0.363 e. The van der Waals surface area contributed by atoms with Crippen LogP contribution >= 0.6 is 23.2 Å². The smallest absolute Gasteiger partial charge is 0.256 e. The minimum absolute atomic E-state index is 0.0786. The maximum atomic E-state index is 11.6. The van der Waals surface area contributed by atoms with E-state index in [0.717, 1.165) is 62.6 Å². The van der Waals surface area contributed by atoms with Crippen LogP contribution in [0.2, 0.25) is 10.0 Å². The van der Waals surface area contributed by atoms with Gasteiger partial charge in [0, 0.05) is 48.5 Å². The molecule has 9 nitrogen and oxygen atoms in total. The third kappa shape index (κ3) is 6.52. The molecular weight excluding hydrogens is 545 g/mol. The molecule has 0 amide bonds. The molecule has 38 heavy (non-hydrogen) atoms. The SMILES string of the molecule is C[C@@H](Nc1cc(N2CCC([C@H]3CCCN(CCS(C)(=O)=O)C3)CC2)nc2ncnn12)c1ccc(Cl)cc1Cl. The van der Waals surface area contributed by atoms with Gasteiger partial charge in [-0.1, -0.05) is 29.3 Å². The lowest BCUT2D eigenvalue weighted by molar-refractivity contribution is 0.127. The zero-order chi connectivity index (χ0) is 26.9. The predicted octanol–water partition coefficient (Wildman–Crippen LogP) is 4.58. The summed E-state index contributed by atoms with van der Waals surface area (Å²) in [6.07, 6.45) is 7.41. The summed E-state index contributed by atoms with van der Waals surface area (Å²) in [7, 11) is -2.93. The first kappa shape index (κ1) is 27.4. The molecule has 2 aliphatic heterocycles. The summed E-state index contributed by atoms with van der Waals surface area (Å²) in [5.41, 5.74) is 0.946. The number of hydrogen-bond donors (Lipinski definition) is 1. The van der Waals surface area contributed by atoms with Gasteiger partial charge in [-0.05, 0) is 68.7 Å². The molecule has 0 saturated carbocycles. The molecule has 3 aromatic rings. The number of nitrogens with one attached hydrogen (secondary N) is 1. The average molecular weight is 581 g/mol. The molecule has 2 fully saturated rings. The number of sulfone groups is 1. The van der Waals surface area contributed by atoms with E-state index in [0.29, 0.717) is 34.2 Å². The number of fused-ring (bicyclic) bond motifs is 1. The molecule has 2 aromatic heterocycles. The van der Waals surface area contributed by atoms with E-state index in [2.05, 4.69) is 25.2 Å². The Morgan fingerprint density at radius 1 is 1.11 bits per heavy atom. The molecule has 12 heteroatoms. The molecule has 2 atom stereocenters. The summed E-state index contributed by atoms with van der Waals surface area (Å²) in [6, 6.07) is 7.48. The third-order valence-corrected chi connectivity index (χ3v) is 9.37. The van der Waals surface area contributed by atoms with E-state index in [1.165, 1.54) is 19.0 Å². The van der Waals surface area contributed by atoms with Crippen molar-refractivity contribution in [2.45, 2.75) is 38.6 Å². The van der Waals surface area contributed by atoms with Gasteiger partial charge in [0.25, 0.3) is 5.78 Å². The van der Waals surface area contributed by atoms with E-state index in [4.69, 9.17) is 28.2 Å². The van der Waals surface area contributed by atoms with Crippen molar-refractivity contribution in [3.05, 3.63) is 46.2 Å². The normalized spacial score (nSPS) is 20.6. The van der Waals surface area contributed by atoms with Crippen molar-refractivity contribution >= 4 is 50.5 Å². The van der Waals surface area contributed by atoms with Gasteiger partial charge in [-0.2, -0.15) is 19.6 Å². The van der Waals surface area contributed by atoms with Gasteiger partial charge in [-0.15, -0.1) is 0 Å². The molecule has 2 aliphatic rings. The van der Waals surface area contributed by atoms with Crippen LogP contribution in [0, 0.1) is 11.8 Å². The Labute approximate surface area is 234 Å². The number of halogens is 2. The van der Waals surface area contributed by atoms with Crippen molar-refractivity contribution in [1.29, 1.82) is 0 Å². The molecule has 0 bridgehead atoms. The molecule has 0 unspecified atom stereocenters. The Balaban J connectivity index is 1.25. The molecule has 206 valence electrons. The fourth-order valence-electron chi connectivity index (χ4n) is 5.79. The van der Waals surface area contributed by atoms with E-state index in [1.54, 1.807) is 10.6 Å². The molecule has 5 rings (SSSR count). The summed E-state index contributed by atoms with van der Waals surface area (Å²) < 4.78 is 24.9. The number of likely N-dealkylation sites (tertiary alicyclic amines) is 1. The van der Waals surface area contributed by atoms with Crippen LogP contribution in [0.4, 0.5) is 11.6 Å². The lowest BCUT2D eigenvalue weighted by Crippen LogP contribution is -2.44. The number of anilines is 2. The van der Waals surface area contributed by atoms with Crippen LogP contribution in [0.15, 0.2) is 30.6 Å². The minimum atomic E-state index is -2.93. The summed E-state index contributed by atoms with van der Waals surface area (Å²) in [5, 5.41) is 9.12. The van der Waals surface area contributed by atoms with Crippen LogP contribution in [0.5, 0.6) is 0 Å². The molecule has 0 spiro atoms. The maximum Gasteiger partial charge on any atom is 0.256 e. The molecule has 1 aromatic carbocycles. The largest absolute Gasteiger partial charge is 0.363 e. The summed E-state index contributed by atoms with van der Waals surface area (Å²) in [6.45, 7) is 6.56. The van der Waals surface area contributed by atoms with E-state index >= 15 is 0 Å². The number of aromatic nitrogens is 4. The Kier molecular flexibility index (Phi) is 8.33. The number of benzene rings is 1. The Morgan fingerprint density at radius 3 is 2.63 bits per heavy atom. The number of rotatable bonds is 8. The molecule has 0 aliphatic carbocycles. The van der Waals surface area contributed by atoms with Crippen molar-refractivity contribution in [3.8, 4) is 0 Å². The first-order valence-corrected chi connectivity index (χ1v) is 16.1. The lowest BCUT2D eigenvalue weighted by Gasteiger charge is -2.41. The van der Waals surface area contributed by atoms with Gasteiger partial charge < -0.3 is 15.1 Å². The number of hydrogen-bond acceptors (Lipinski definition) is 8. The average Bonchev–Trinajstić information content (AvgIpc) is 3.36. The van der Waals surface area contributed by atoms with Crippen molar-refractivity contribution in [2.24, 2.45) is 11.8 Å². The van der Waals surface area contributed by atoms with Crippen LogP contribution in [-0.2, 0) is 9.84 Å². The molecular formula is C26H35Cl2N7O2S. The highest BCUT2D eigenvalue weighted by Crippen LogP contribution is 2.34. The van der Waals surface area contributed by atoms with E-state index < -0.39 is 9.84 Å². The van der Waals surface area contributed by atoms with E-state index in [1.807, 2.05) is 25.1 Å². The Bertz CT molecular complexity index is 1380. The van der Waals surface area contributed by atoms with Crippen LogP contribution in [0.25, 0.3) is 5.78 Å².